The Morgan fingerprint density at radius 1 is 1.15 bits per heavy atom. The summed E-state index contributed by atoms with van der Waals surface area (Å²) in [5.41, 5.74) is 1.45. The van der Waals surface area contributed by atoms with Gasteiger partial charge in [-0.3, -0.25) is 9.89 Å². The lowest BCUT2D eigenvalue weighted by Gasteiger charge is -2.33. The maximum absolute atomic E-state index is 4.40. The van der Waals surface area contributed by atoms with E-state index in [2.05, 4.69) is 83.7 Å². The summed E-state index contributed by atoms with van der Waals surface area (Å²) in [6.07, 6.45) is 2.60. The summed E-state index contributed by atoms with van der Waals surface area (Å²) in [6, 6.07) is 11.2. The highest BCUT2D eigenvalue weighted by Crippen LogP contribution is 2.24. The first-order valence-electron chi connectivity index (χ1n) is 9.35. The van der Waals surface area contributed by atoms with Crippen LogP contribution in [0, 0.1) is 0 Å². The van der Waals surface area contributed by atoms with Gasteiger partial charge in [0.1, 0.15) is 0 Å². The Bertz CT molecular complexity index is 538. The van der Waals surface area contributed by atoms with Crippen LogP contribution in [0.2, 0.25) is 0 Å². The zero-order valence-electron chi connectivity index (χ0n) is 17.0. The van der Waals surface area contributed by atoms with Gasteiger partial charge >= 0.3 is 0 Å². The fraction of sp³-hybridized carbons (Fsp3) is 0.650. The monoisotopic (exact) mass is 473 g/mol. The van der Waals surface area contributed by atoms with Crippen molar-refractivity contribution in [3.8, 4) is 0 Å². The highest BCUT2D eigenvalue weighted by atomic mass is 127. The van der Waals surface area contributed by atoms with Crippen LogP contribution in [0.3, 0.4) is 0 Å². The van der Waals surface area contributed by atoms with Crippen LogP contribution in [0.5, 0.6) is 0 Å². The van der Waals surface area contributed by atoms with E-state index in [0.29, 0.717) is 6.04 Å². The minimum atomic E-state index is 0. The van der Waals surface area contributed by atoms with E-state index in [-0.39, 0.29) is 29.5 Å². The molecular formula is C20H36IN5. The predicted molar refractivity (Wildman–Crippen MR) is 123 cm³/mol. The topological polar surface area (TPSA) is 42.9 Å². The molecule has 2 N–H and O–H groups in total. The second-order valence-corrected chi connectivity index (χ2v) is 7.68. The van der Waals surface area contributed by atoms with Crippen molar-refractivity contribution in [3.63, 3.8) is 0 Å². The summed E-state index contributed by atoms with van der Waals surface area (Å²) < 4.78 is 0. The summed E-state index contributed by atoms with van der Waals surface area (Å²) in [4.78, 5) is 9.21. The summed E-state index contributed by atoms with van der Waals surface area (Å²) in [7, 11) is 6.05. The average molecular weight is 473 g/mol. The number of likely N-dealkylation sites (tertiary alicyclic amines) is 1. The number of nitrogens with one attached hydrogen (secondary N) is 2. The molecule has 1 aromatic carbocycles. The van der Waals surface area contributed by atoms with Gasteiger partial charge in [0.25, 0.3) is 0 Å². The molecule has 6 heteroatoms. The molecule has 26 heavy (non-hydrogen) atoms. The molecule has 1 fully saturated rings. The molecule has 1 saturated heterocycles. The molecule has 0 saturated carbocycles. The van der Waals surface area contributed by atoms with Crippen molar-refractivity contribution in [2.45, 2.75) is 38.3 Å². The van der Waals surface area contributed by atoms with Crippen molar-refractivity contribution in [2.75, 3.05) is 47.3 Å². The van der Waals surface area contributed by atoms with Gasteiger partial charge in [0, 0.05) is 25.7 Å². The van der Waals surface area contributed by atoms with Crippen LogP contribution in [-0.2, 0) is 0 Å². The standard InChI is InChI=1S/C20H35N5.HI/c1-20(2,24(4)5)16-23-19(21-3)22-15-18(25-13-9-10-14-25)17-11-7-6-8-12-17;/h6-8,11-12,18H,9-10,13-16H2,1-5H3,(H2,21,22,23);1H. The molecule has 0 amide bonds. The van der Waals surface area contributed by atoms with Crippen LogP contribution in [0.25, 0.3) is 0 Å². The maximum atomic E-state index is 4.40. The number of hydrogen-bond donors (Lipinski definition) is 2. The van der Waals surface area contributed by atoms with E-state index in [0.717, 1.165) is 19.0 Å². The number of rotatable bonds is 7. The smallest absolute Gasteiger partial charge is 0.191 e. The lowest BCUT2D eigenvalue weighted by Crippen LogP contribution is -2.51. The Labute approximate surface area is 176 Å². The van der Waals surface area contributed by atoms with E-state index in [1.165, 1.54) is 31.5 Å². The normalized spacial score (nSPS) is 17.1. The van der Waals surface area contributed by atoms with E-state index < -0.39 is 0 Å². The lowest BCUT2D eigenvalue weighted by atomic mass is 10.0. The summed E-state index contributed by atoms with van der Waals surface area (Å²) in [6.45, 7) is 8.53. The number of aliphatic imine (C=N–C) groups is 1. The van der Waals surface area contributed by atoms with Gasteiger partial charge in [-0.15, -0.1) is 24.0 Å². The number of likely N-dealkylation sites (N-methyl/N-ethyl adjacent to an activating group) is 1. The van der Waals surface area contributed by atoms with Crippen LogP contribution in [-0.4, -0.2) is 68.6 Å². The summed E-state index contributed by atoms with van der Waals surface area (Å²) >= 11 is 0. The molecule has 1 unspecified atom stereocenters. The van der Waals surface area contributed by atoms with Gasteiger partial charge in [0.05, 0.1) is 6.04 Å². The van der Waals surface area contributed by atoms with E-state index in [9.17, 15) is 0 Å². The van der Waals surface area contributed by atoms with Gasteiger partial charge in [-0.1, -0.05) is 30.3 Å². The van der Waals surface area contributed by atoms with Crippen molar-refractivity contribution in [1.82, 2.24) is 20.4 Å². The van der Waals surface area contributed by atoms with Crippen LogP contribution in [0.15, 0.2) is 35.3 Å². The van der Waals surface area contributed by atoms with Gasteiger partial charge in [-0.25, -0.2) is 0 Å². The number of halogens is 1. The molecule has 1 atom stereocenters. The van der Waals surface area contributed by atoms with Crippen LogP contribution in [0.1, 0.15) is 38.3 Å². The molecular weight excluding hydrogens is 437 g/mol. The summed E-state index contributed by atoms with van der Waals surface area (Å²) in [5.74, 6) is 0.870. The van der Waals surface area contributed by atoms with Crippen molar-refractivity contribution in [2.24, 2.45) is 4.99 Å². The molecule has 1 aliphatic heterocycles. The molecule has 0 radical (unpaired) electrons. The van der Waals surface area contributed by atoms with E-state index in [4.69, 9.17) is 0 Å². The molecule has 5 nitrogen and oxygen atoms in total. The van der Waals surface area contributed by atoms with Gasteiger partial charge < -0.3 is 15.5 Å². The molecule has 1 aromatic rings. The zero-order chi connectivity index (χ0) is 18.3. The molecule has 0 aliphatic carbocycles. The predicted octanol–water partition coefficient (Wildman–Crippen LogP) is 2.95. The highest BCUT2D eigenvalue weighted by Gasteiger charge is 2.24. The number of hydrogen-bond acceptors (Lipinski definition) is 3. The Kier molecular flexibility index (Phi) is 9.89. The molecule has 0 spiro atoms. The average Bonchev–Trinajstić information content (AvgIpc) is 3.13. The van der Waals surface area contributed by atoms with Crippen LogP contribution in [0.4, 0.5) is 0 Å². The van der Waals surface area contributed by atoms with Gasteiger partial charge in [-0.2, -0.15) is 0 Å². The number of benzene rings is 1. The first kappa shape index (κ1) is 23.2. The Hall–Kier alpha value is -0.860. The fourth-order valence-electron chi connectivity index (χ4n) is 3.06. The second-order valence-electron chi connectivity index (χ2n) is 7.68. The molecule has 1 aliphatic rings. The minimum Gasteiger partial charge on any atom is -0.355 e. The van der Waals surface area contributed by atoms with Crippen LogP contribution >= 0.6 is 24.0 Å². The molecule has 0 bridgehead atoms. The third kappa shape index (κ3) is 6.70. The van der Waals surface area contributed by atoms with Crippen molar-refractivity contribution in [1.29, 1.82) is 0 Å². The lowest BCUT2D eigenvalue weighted by molar-refractivity contribution is 0.197. The second kappa shape index (κ2) is 11.1. The first-order chi connectivity index (χ1) is 11.9. The highest BCUT2D eigenvalue weighted by molar-refractivity contribution is 14.0. The van der Waals surface area contributed by atoms with Gasteiger partial charge in [0.15, 0.2) is 5.96 Å². The minimum absolute atomic E-state index is 0. The van der Waals surface area contributed by atoms with E-state index in [1.54, 1.807) is 0 Å². The van der Waals surface area contributed by atoms with Crippen molar-refractivity contribution < 1.29 is 0 Å². The van der Waals surface area contributed by atoms with Crippen LogP contribution < -0.4 is 10.6 Å². The molecule has 148 valence electrons. The maximum Gasteiger partial charge on any atom is 0.191 e. The summed E-state index contributed by atoms with van der Waals surface area (Å²) in [5, 5.41) is 7.00. The fourth-order valence-corrected chi connectivity index (χ4v) is 3.06. The molecule has 0 aromatic heterocycles. The Morgan fingerprint density at radius 2 is 1.77 bits per heavy atom. The van der Waals surface area contributed by atoms with Gasteiger partial charge in [0.2, 0.25) is 0 Å². The van der Waals surface area contributed by atoms with E-state index >= 15 is 0 Å². The third-order valence-electron chi connectivity index (χ3n) is 5.35. The number of guanidine groups is 1. The first-order valence-corrected chi connectivity index (χ1v) is 9.35. The van der Waals surface area contributed by atoms with E-state index in [1.807, 2.05) is 7.05 Å². The largest absolute Gasteiger partial charge is 0.355 e. The van der Waals surface area contributed by atoms with Gasteiger partial charge in [-0.05, 0) is 59.4 Å². The Morgan fingerprint density at radius 3 is 2.31 bits per heavy atom. The quantitative estimate of drug-likeness (QED) is 0.363. The molecule has 1 heterocycles. The van der Waals surface area contributed by atoms with Crippen molar-refractivity contribution >= 4 is 29.9 Å². The third-order valence-corrected chi connectivity index (χ3v) is 5.35. The number of nitrogens with zero attached hydrogens (tertiary/aromatic N) is 3. The SMILES string of the molecule is CN=C(NCC(c1ccccc1)N1CCCC1)NCC(C)(C)N(C)C.I. The molecule has 2 rings (SSSR count). The zero-order valence-corrected chi connectivity index (χ0v) is 19.3. The van der Waals surface area contributed by atoms with Crippen molar-refractivity contribution in [3.05, 3.63) is 35.9 Å². The Balaban J connectivity index is 0.00000338.